The monoisotopic (exact) mass is 489 g/mol. The van der Waals surface area contributed by atoms with Crippen molar-refractivity contribution in [2.24, 2.45) is 4.99 Å². The van der Waals surface area contributed by atoms with Gasteiger partial charge in [0.2, 0.25) is 0 Å². The van der Waals surface area contributed by atoms with E-state index in [2.05, 4.69) is 21.3 Å². The highest BCUT2D eigenvalue weighted by Gasteiger charge is 2.30. The van der Waals surface area contributed by atoms with Crippen molar-refractivity contribution in [2.75, 3.05) is 17.3 Å². The number of fused-ring (bicyclic) bond motifs is 1. The third kappa shape index (κ3) is 3.54. The number of hydrogen-bond acceptors (Lipinski definition) is 4. The highest BCUT2D eigenvalue weighted by molar-refractivity contribution is 14.1. The summed E-state index contributed by atoms with van der Waals surface area (Å²) < 4.78 is 19.2. The molecule has 28 heavy (non-hydrogen) atoms. The van der Waals surface area contributed by atoms with Crippen LogP contribution in [0.4, 0.5) is 15.8 Å². The minimum Gasteiger partial charge on any atom is -0.497 e. The maximum Gasteiger partial charge on any atom is 0.256 e. The lowest BCUT2D eigenvalue weighted by atomic mass is 10.0. The first kappa shape index (κ1) is 18.7. The lowest BCUT2D eigenvalue weighted by Crippen LogP contribution is -2.35. The number of rotatable bonds is 4. The summed E-state index contributed by atoms with van der Waals surface area (Å²) in [6.45, 7) is 0. The Hall–Kier alpha value is -2.68. The zero-order valence-corrected chi connectivity index (χ0v) is 17.1. The van der Waals surface area contributed by atoms with E-state index < -0.39 is 5.82 Å². The molecule has 5 nitrogen and oxygen atoms in total. The van der Waals surface area contributed by atoms with E-state index in [0.29, 0.717) is 14.8 Å². The number of aliphatic imine (C=N–C) groups is 1. The zero-order valence-electron chi connectivity index (χ0n) is 15.0. The quantitative estimate of drug-likeness (QED) is 0.650. The van der Waals surface area contributed by atoms with Crippen LogP contribution in [0.1, 0.15) is 10.4 Å². The van der Waals surface area contributed by atoms with Gasteiger partial charge in [-0.05, 0) is 71.1 Å². The molecular formula is C21H17FIN3O2. The second-order valence-corrected chi connectivity index (χ2v) is 7.47. The van der Waals surface area contributed by atoms with E-state index in [1.54, 1.807) is 13.2 Å². The lowest BCUT2D eigenvalue weighted by Gasteiger charge is -2.26. The fraction of sp³-hybridized carbons (Fsp3) is 0.143. The number of benzene rings is 2. The highest BCUT2D eigenvalue weighted by atomic mass is 127. The van der Waals surface area contributed by atoms with Gasteiger partial charge in [-0.3, -0.25) is 9.79 Å². The molecule has 1 N–H and O–H groups in total. The minimum absolute atomic E-state index is 0.0226. The van der Waals surface area contributed by atoms with Gasteiger partial charge in [0.15, 0.2) is 0 Å². The topological polar surface area (TPSA) is 53.9 Å². The van der Waals surface area contributed by atoms with Crippen LogP contribution in [0.25, 0.3) is 0 Å². The Bertz CT molecular complexity index is 1000. The molecule has 0 radical (unpaired) electrons. The maximum atomic E-state index is 13.7. The summed E-state index contributed by atoms with van der Waals surface area (Å²) in [5.41, 5.74) is 1.92. The number of nitrogens with one attached hydrogen (secondary N) is 1. The van der Waals surface area contributed by atoms with Crippen molar-refractivity contribution in [2.45, 2.75) is 12.1 Å². The first-order valence-corrected chi connectivity index (χ1v) is 9.76. The minimum atomic E-state index is -0.405. The highest BCUT2D eigenvalue weighted by Crippen LogP contribution is 2.29. The van der Waals surface area contributed by atoms with Crippen LogP contribution in [-0.4, -0.2) is 31.4 Å². The number of anilines is 2. The molecule has 0 fully saturated rings. The smallest absolute Gasteiger partial charge is 0.256 e. The summed E-state index contributed by atoms with van der Waals surface area (Å²) in [4.78, 5) is 19.0. The SMILES string of the molecule is COC1=CC2N=CN(c3ccc(NC(=O)c4cccc(F)c4I)cc3)C2C=C1. The van der Waals surface area contributed by atoms with Gasteiger partial charge in [-0.2, -0.15) is 0 Å². The molecule has 0 bridgehead atoms. The first-order valence-electron chi connectivity index (χ1n) is 8.68. The third-order valence-corrected chi connectivity index (χ3v) is 5.78. The number of carbonyl (C=O) groups excluding carboxylic acids is 1. The lowest BCUT2D eigenvalue weighted by molar-refractivity contribution is 0.102. The van der Waals surface area contributed by atoms with Crippen molar-refractivity contribution < 1.29 is 13.9 Å². The van der Waals surface area contributed by atoms with E-state index in [1.807, 2.05) is 65.3 Å². The number of ether oxygens (including phenoxy) is 1. The molecule has 1 aliphatic heterocycles. The molecular weight excluding hydrogens is 472 g/mol. The van der Waals surface area contributed by atoms with Crippen molar-refractivity contribution in [1.29, 1.82) is 0 Å². The van der Waals surface area contributed by atoms with E-state index in [4.69, 9.17) is 4.74 Å². The summed E-state index contributed by atoms with van der Waals surface area (Å²) in [5.74, 6) is 0.0647. The van der Waals surface area contributed by atoms with Crippen molar-refractivity contribution in [3.05, 3.63) is 81.4 Å². The standard InChI is InChI=1S/C21H17FIN3O2/c1-28-15-9-10-19-18(11-15)24-12-26(19)14-7-5-13(6-8-14)25-21(27)16-3-2-4-17(22)20(16)23/h2-12,18-19H,1H3,(H,25,27). The summed E-state index contributed by atoms with van der Waals surface area (Å²) in [6.07, 6.45) is 7.82. The number of hydrogen-bond donors (Lipinski definition) is 1. The fourth-order valence-corrected chi connectivity index (χ4v) is 3.82. The number of methoxy groups -OCH3 is 1. The zero-order chi connectivity index (χ0) is 19.7. The van der Waals surface area contributed by atoms with E-state index in [9.17, 15) is 9.18 Å². The average molecular weight is 489 g/mol. The van der Waals surface area contributed by atoms with Crippen LogP contribution in [0.15, 0.2) is 71.4 Å². The Kier molecular flexibility index (Phi) is 5.17. The molecule has 142 valence electrons. The van der Waals surface area contributed by atoms with Crippen LogP contribution in [-0.2, 0) is 4.74 Å². The van der Waals surface area contributed by atoms with Crippen LogP contribution in [0.5, 0.6) is 0 Å². The molecule has 4 rings (SSSR count). The van der Waals surface area contributed by atoms with Crippen molar-refractivity contribution >= 4 is 46.2 Å². The van der Waals surface area contributed by atoms with Gasteiger partial charge in [-0.15, -0.1) is 0 Å². The summed E-state index contributed by atoms with van der Waals surface area (Å²) in [7, 11) is 1.64. The van der Waals surface area contributed by atoms with Gasteiger partial charge in [-0.25, -0.2) is 4.39 Å². The molecule has 2 unspecified atom stereocenters. The van der Waals surface area contributed by atoms with Crippen LogP contribution >= 0.6 is 22.6 Å². The number of allylic oxidation sites excluding steroid dienone is 1. The normalized spacial score (nSPS) is 20.0. The Morgan fingerprint density at radius 1 is 1.25 bits per heavy atom. The molecule has 0 saturated heterocycles. The first-order chi connectivity index (χ1) is 13.6. The molecule has 1 heterocycles. The number of nitrogens with zero attached hydrogens (tertiary/aromatic N) is 2. The van der Waals surface area contributed by atoms with Crippen LogP contribution < -0.4 is 10.2 Å². The van der Waals surface area contributed by atoms with E-state index in [1.165, 1.54) is 12.1 Å². The summed E-state index contributed by atoms with van der Waals surface area (Å²) >= 11 is 1.84. The second kappa shape index (κ2) is 7.75. The molecule has 0 spiro atoms. The molecule has 1 aliphatic carbocycles. The number of halogens is 2. The van der Waals surface area contributed by atoms with Crippen LogP contribution in [0.3, 0.4) is 0 Å². The van der Waals surface area contributed by atoms with Crippen molar-refractivity contribution in [1.82, 2.24) is 0 Å². The molecule has 7 heteroatoms. The van der Waals surface area contributed by atoms with Crippen LogP contribution in [0, 0.1) is 9.39 Å². The number of carbonyl (C=O) groups is 1. The van der Waals surface area contributed by atoms with Gasteiger partial charge in [0.05, 0.1) is 34.7 Å². The Morgan fingerprint density at radius 3 is 2.79 bits per heavy atom. The Balaban J connectivity index is 1.47. The third-order valence-electron chi connectivity index (χ3n) is 4.68. The van der Waals surface area contributed by atoms with Gasteiger partial charge < -0.3 is 15.0 Å². The predicted octanol–water partition coefficient (Wildman–Crippen LogP) is 4.37. The fourth-order valence-electron chi connectivity index (χ4n) is 3.21. The molecule has 0 aromatic heterocycles. The molecule has 2 aromatic carbocycles. The van der Waals surface area contributed by atoms with Gasteiger partial charge in [0.25, 0.3) is 5.91 Å². The van der Waals surface area contributed by atoms with Crippen molar-refractivity contribution in [3.8, 4) is 0 Å². The molecule has 1 amide bonds. The van der Waals surface area contributed by atoms with Crippen molar-refractivity contribution in [3.63, 3.8) is 0 Å². The van der Waals surface area contributed by atoms with E-state index >= 15 is 0 Å². The summed E-state index contributed by atoms with van der Waals surface area (Å²) in [6, 6.07) is 12.1. The molecule has 0 saturated carbocycles. The van der Waals surface area contributed by atoms with Crippen LogP contribution in [0.2, 0.25) is 0 Å². The molecule has 2 aromatic rings. The average Bonchev–Trinajstić information content (AvgIpc) is 3.13. The van der Waals surface area contributed by atoms with E-state index in [-0.39, 0.29) is 18.0 Å². The molecule has 2 aliphatic rings. The largest absolute Gasteiger partial charge is 0.497 e. The Labute approximate surface area is 175 Å². The maximum absolute atomic E-state index is 13.7. The number of amides is 1. The summed E-state index contributed by atoms with van der Waals surface area (Å²) in [5, 5.41) is 2.81. The Morgan fingerprint density at radius 2 is 2.04 bits per heavy atom. The van der Waals surface area contributed by atoms with Gasteiger partial charge in [0.1, 0.15) is 11.6 Å². The second-order valence-electron chi connectivity index (χ2n) is 6.39. The van der Waals surface area contributed by atoms with Gasteiger partial charge >= 0.3 is 0 Å². The molecule has 2 atom stereocenters. The van der Waals surface area contributed by atoms with Gasteiger partial charge in [0, 0.05) is 11.4 Å². The predicted molar refractivity (Wildman–Crippen MR) is 116 cm³/mol. The van der Waals surface area contributed by atoms with E-state index in [0.717, 1.165) is 11.4 Å². The van der Waals surface area contributed by atoms with Gasteiger partial charge in [-0.1, -0.05) is 12.1 Å².